The molecule has 2 unspecified atom stereocenters. The lowest BCUT2D eigenvalue weighted by Crippen LogP contribution is -2.31. The van der Waals surface area contributed by atoms with Gasteiger partial charge in [-0.15, -0.1) is 0 Å². The SMILES string of the molecule is COc1ccc(C)cc1NC1COCC1O. The van der Waals surface area contributed by atoms with Crippen molar-refractivity contribution in [2.75, 3.05) is 25.6 Å². The first kappa shape index (κ1) is 11.2. The van der Waals surface area contributed by atoms with Crippen LogP contribution in [-0.2, 0) is 4.74 Å². The van der Waals surface area contributed by atoms with Gasteiger partial charge in [-0.3, -0.25) is 0 Å². The van der Waals surface area contributed by atoms with Crippen LogP contribution in [0.25, 0.3) is 0 Å². The van der Waals surface area contributed by atoms with Crippen molar-refractivity contribution in [1.29, 1.82) is 0 Å². The zero-order valence-corrected chi connectivity index (χ0v) is 9.56. The maximum Gasteiger partial charge on any atom is 0.141 e. The summed E-state index contributed by atoms with van der Waals surface area (Å²) in [6.07, 6.45) is -0.454. The number of ether oxygens (including phenoxy) is 2. The van der Waals surface area contributed by atoms with Crippen LogP contribution in [0.15, 0.2) is 18.2 Å². The van der Waals surface area contributed by atoms with E-state index in [9.17, 15) is 5.11 Å². The Kier molecular flexibility index (Phi) is 3.31. The largest absolute Gasteiger partial charge is 0.495 e. The second-order valence-corrected chi connectivity index (χ2v) is 4.06. The summed E-state index contributed by atoms with van der Waals surface area (Å²) in [6, 6.07) is 5.85. The molecule has 4 nitrogen and oxygen atoms in total. The van der Waals surface area contributed by atoms with Crippen LogP contribution in [0.5, 0.6) is 5.75 Å². The lowest BCUT2D eigenvalue weighted by atomic mass is 10.1. The Morgan fingerprint density at radius 2 is 2.25 bits per heavy atom. The molecule has 1 fully saturated rings. The van der Waals surface area contributed by atoms with Gasteiger partial charge in [0.2, 0.25) is 0 Å². The highest BCUT2D eigenvalue weighted by Crippen LogP contribution is 2.27. The Balaban J connectivity index is 2.16. The van der Waals surface area contributed by atoms with Gasteiger partial charge in [0.25, 0.3) is 0 Å². The van der Waals surface area contributed by atoms with E-state index >= 15 is 0 Å². The van der Waals surface area contributed by atoms with E-state index in [4.69, 9.17) is 9.47 Å². The average Bonchev–Trinajstić information content (AvgIpc) is 2.65. The van der Waals surface area contributed by atoms with Crippen LogP contribution in [0.2, 0.25) is 0 Å². The van der Waals surface area contributed by atoms with Gasteiger partial charge in [-0.25, -0.2) is 0 Å². The molecule has 0 aliphatic carbocycles. The molecule has 2 rings (SSSR count). The van der Waals surface area contributed by atoms with Crippen molar-refractivity contribution in [2.45, 2.75) is 19.1 Å². The topological polar surface area (TPSA) is 50.7 Å². The Hall–Kier alpha value is -1.26. The van der Waals surface area contributed by atoms with E-state index in [1.807, 2.05) is 25.1 Å². The molecule has 0 saturated carbocycles. The van der Waals surface area contributed by atoms with Crippen molar-refractivity contribution in [3.8, 4) is 5.75 Å². The smallest absolute Gasteiger partial charge is 0.141 e. The quantitative estimate of drug-likeness (QED) is 0.807. The number of aliphatic hydroxyl groups is 1. The second-order valence-electron chi connectivity index (χ2n) is 4.06. The highest BCUT2D eigenvalue weighted by molar-refractivity contribution is 5.58. The summed E-state index contributed by atoms with van der Waals surface area (Å²) < 4.78 is 10.5. The molecular formula is C12H17NO3. The molecule has 2 N–H and O–H groups in total. The van der Waals surface area contributed by atoms with Gasteiger partial charge in [-0.2, -0.15) is 0 Å². The van der Waals surface area contributed by atoms with Gasteiger partial charge in [-0.05, 0) is 24.6 Å². The summed E-state index contributed by atoms with van der Waals surface area (Å²) >= 11 is 0. The predicted octanol–water partition coefficient (Wildman–Crippen LogP) is 1.18. The van der Waals surface area contributed by atoms with Gasteiger partial charge in [0, 0.05) is 0 Å². The Labute approximate surface area is 95.2 Å². The summed E-state index contributed by atoms with van der Waals surface area (Å²) in [5, 5.41) is 12.9. The molecule has 0 spiro atoms. The number of nitrogens with one attached hydrogen (secondary N) is 1. The van der Waals surface area contributed by atoms with Crippen LogP contribution in [0, 0.1) is 6.92 Å². The van der Waals surface area contributed by atoms with E-state index < -0.39 is 6.10 Å². The summed E-state index contributed by atoms with van der Waals surface area (Å²) in [4.78, 5) is 0. The van der Waals surface area contributed by atoms with Crippen molar-refractivity contribution in [3.63, 3.8) is 0 Å². The number of hydrogen-bond acceptors (Lipinski definition) is 4. The summed E-state index contributed by atoms with van der Waals surface area (Å²) in [6.45, 7) is 2.94. The van der Waals surface area contributed by atoms with Gasteiger partial charge in [-0.1, -0.05) is 6.07 Å². The Morgan fingerprint density at radius 3 is 2.88 bits per heavy atom. The van der Waals surface area contributed by atoms with Crippen molar-refractivity contribution in [3.05, 3.63) is 23.8 Å². The molecule has 88 valence electrons. The zero-order valence-electron chi connectivity index (χ0n) is 9.56. The number of aliphatic hydroxyl groups excluding tert-OH is 1. The van der Waals surface area contributed by atoms with Gasteiger partial charge >= 0.3 is 0 Å². The maximum atomic E-state index is 9.65. The molecule has 1 aromatic carbocycles. The lowest BCUT2D eigenvalue weighted by Gasteiger charge is -2.18. The number of rotatable bonds is 3. The molecule has 0 radical (unpaired) electrons. The number of hydrogen-bond donors (Lipinski definition) is 2. The molecule has 1 aliphatic rings. The molecule has 0 bridgehead atoms. The van der Waals surface area contributed by atoms with Crippen molar-refractivity contribution in [1.82, 2.24) is 0 Å². The second kappa shape index (κ2) is 4.72. The minimum absolute atomic E-state index is 0.0595. The Morgan fingerprint density at radius 1 is 1.44 bits per heavy atom. The fourth-order valence-electron chi connectivity index (χ4n) is 1.82. The van der Waals surface area contributed by atoms with Gasteiger partial charge in [0.15, 0.2) is 0 Å². The van der Waals surface area contributed by atoms with Gasteiger partial charge in [0.1, 0.15) is 5.75 Å². The summed E-state index contributed by atoms with van der Waals surface area (Å²) in [5.41, 5.74) is 2.05. The zero-order chi connectivity index (χ0) is 11.5. The Bertz CT molecular complexity index is 367. The number of benzene rings is 1. The fourth-order valence-corrected chi connectivity index (χ4v) is 1.82. The number of anilines is 1. The minimum Gasteiger partial charge on any atom is -0.495 e. The third-order valence-corrected chi connectivity index (χ3v) is 2.75. The van der Waals surface area contributed by atoms with Crippen molar-refractivity contribution in [2.24, 2.45) is 0 Å². The van der Waals surface area contributed by atoms with Crippen LogP contribution < -0.4 is 10.1 Å². The van der Waals surface area contributed by atoms with Crippen LogP contribution in [0.1, 0.15) is 5.56 Å². The van der Waals surface area contributed by atoms with Gasteiger partial charge in [0.05, 0.1) is 38.2 Å². The van der Waals surface area contributed by atoms with E-state index in [-0.39, 0.29) is 6.04 Å². The minimum atomic E-state index is -0.454. The maximum absolute atomic E-state index is 9.65. The van der Waals surface area contributed by atoms with E-state index in [0.29, 0.717) is 13.2 Å². The molecule has 1 aliphatic heterocycles. The molecule has 16 heavy (non-hydrogen) atoms. The van der Waals surface area contributed by atoms with Crippen LogP contribution in [0.3, 0.4) is 0 Å². The first-order chi connectivity index (χ1) is 7.70. The number of methoxy groups -OCH3 is 1. The molecule has 1 heterocycles. The first-order valence-corrected chi connectivity index (χ1v) is 5.37. The third-order valence-electron chi connectivity index (χ3n) is 2.75. The van der Waals surface area contributed by atoms with Crippen molar-refractivity contribution >= 4 is 5.69 Å². The lowest BCUT2D eigenvalue weighted by molar-refractivity contribution is 0.125. The van der Waals surface area contributed by atoms with Gasteiger partial charge < -0.3 is 19.9 Å². The molecule has 2 atom stereocenters. The van der Waals surface area contributed by atoms with E-state index in [1.54, 1.807) is 7.11 Å². The molecular weight excluding hydrogens is 206 g/mol. The molecule has 1 aromatic rings. The average molecular weight is 223 g/mol. The normalized spacial score (nSPS) is 24.4. The summed E-state index contributed by atoms with van der Waals surface area (Å²) in [5.74, 6) is 0.782. The van der Waals surface area contributed by atoms with Crippen LogP contribution >= 0.6 is 0 Å². The van der Waals surface area contributed by atoms with E-state index in [0.717, 1.165) is 17.0 Å². The molecule has 4 heteroatoms. The number of aryl methyl sites for hydroxylation is 1. The fraction of sp³-hybridized carbons (Fsp3) is 0.500. The molecule has 0 amide bonds. The summed E-state index contributed by atoms with van der Waals surface area (Å²) in [7, 11) is 1.64. The van der Waals surface area contributed by atoms with E-state index in [1.165, 1.54) is 0 Å². The highest BCUT2D eigenvalue weighted by atomic mass is 16.5. The third kappa shape index (κ3) is 2.28. The molecule has 0 aromatic heterocycles. The van der Waals surface area contributed by atoms with Crippen molar-refractivity contribution < 1.29 is 14.6 Å². The standard InChI is InChI=1S/C12H17NO3/c1-8-3-4-12(15-2)9(5-8)13-10-6-16-7-11(10)14/h3-5,10-11,13-14H,6-7H2,1-2H3. The van der Waals surface area contributed by atoms with E-state index in [2.05, 4.69) is 5.32 Å². The predicted molar refractivity (Wildman–Crippen MR) is 62.0 cm³/mol. The highest BCUT2D eigenvalue weighted by Gasteiger charge is 2.26. The molecule has 1 saturated heterocycles. The first-order valence-electron chi connectivity index (χ1n) is 5.37. The monoisotopic (exact) mass is 223 g/mol. The van der Waals surface area contributed by atoms with Crippen LogP contribution in [-0.4, -0.2) is 37.6 Å². The van der Waals surface area contributed by atoms with Crippen LogP contribution in [0.4, 0.5) is 5.69 Å².